The number of esters is 1. The first-order valence-electron chi connectivity index (χ1n) is 15.2. The summed E-state index contributed by atoms with van der Waals surface area (Å²) in [5.74, 6) is -1.18. The number of carboxylic acid groups (broad SMARTS) is 1. The second-order valence-electron chi connectivity index (χ2n) is 11.2. The predicted molar refractivity (Wildman–Crippen MR) is 163 cm³/mol. The third-order valence-electron chi connectivity index (χ3n) is 6.99. The lowest BCUT2D eigenvalue weighted by molar-refractivity contribution is -0.230. The Labute approximate surface area is 269 Å². The van der Waals surface area contributed by atoms with Crippen molar-refractivity contribution in [2.75, 3.05) is 59.5 Å². The first-order chi connectivity index (χ1) is 21.8. The van der Waals surface area contributed by atoms with E-state index in [1.165, 1.54) is 0 Å². The Kier molecular flexibility index (Phi) is 18.5. The van der Waals surface area contributed by atoms with E-state index < -0.39 is 11.4 Å². The Morgan fingerprint density at radius 2 is 1.15 bits per heavy atom. The van der Waals surface area contributed by atoms with Gasteiger partial charge in [-0.05, 0) is 12.8 Å². The van der Waals surface area contributed by atoms with Gasteiger partial charge >= 0.3 is 11.9 Å². The number of aliphatic carboxylic acids is 1. The molecule has 0 bridgehead atoms. The number of rotatable bonds is 16. The standard InChI is InChI=1S/C19H28O7.C14H18O5.H2O/c1-19(12-20,13-21)14-26-17(22)8-5-9-23-16-10-24-18(25-11-16)15-6-3-2-4-7-15;15-13(16)7-4-8-17-12-9-18-14(19-10-12)11-5-2-1-3-6-11;/h2-4,6-7,16,18,20-21H,5,8-14H2,1H3;1-3,5-6,12,14H,4,7-10H2,(H,15,16);1H2/p-1. The van der Waals surface area contributed by atoms with Gasteiger partial charge < -0.3 is 54.0 Å². The SMILES string of the molecule is CC(CO)(CO)COC(=O)CCCOC1COC(c2ccccc2)OC1.O=C(O)CCCOC1COC(c2ccccc2)OC1.[OH-]. The average Bonchev–Trinajstić information content (AvgIpc) is 3.09. The Morgan fingerprint density at radius 1 is 0.739 bits per heavy atom. The zero-order chi connectivity index (χ0) is 32.3. The van der Waals surface area contributed by atoms with Crippen molar-refractivity contribution in [1.29, 1.82) is 0 Å². The van der Waals surface area contributed by atoms with Gasteiger partial charge in [-0.3, -0.25) is 9.59 Å². The van der Waals surface area contributed by atoms with E-state index in [1.807, 2.05) is 60.7 Å². The number of aliphatic hydroxyl groups excluding tert-OH is 2. The summed E-state index contributed by atoms with van der Waals surface area (Å²) < 4.78 is 38.8. The normalized spacial score (nSPS) is 21.3. The van der Waals surface area contributed by atoms with E-state index in [0.29, 0.717) is 52.5 Å². The van der Waals surface area contributed by atoms with Gasteiger partial charge in [0.2, 0.25) is 0 Å². The first-order valence-corrected chi connectivity index (χ1v) is 15.2. The maximum atomic E-state index is 11.7. The monoisotopic (exact) mass is 651 g/mol. The maximum absolute atomic E-state index is 11.7. The van der Waals surface area contributed by atoms with Crippen molar-refractivity contribution in [1.82, 2.24) is 0 Å². The highest BCUT2D eigenvalue weighted by molar-refractivity contribution is 5.69. The van der Waals surface area contributed by atoms with E-state index >= 15 is 0 Å². The van der Waals surface area contributed by atoms with Gasteiger partial charge in [0.25, 0.3) is 0 Å². The number of carboxylic acids is 1. The van der Waals surface area contributed by atoms with Crippen LogP contribution in [-0.4, -0.2) is 104 Å². The third kappa shape index (κ3) is 14.6. The molecule has 2 fully saturated rings. The summed E-state index contributed by atoms with van der Waals surface area (Å²) in [6, 6.07) is 19.5. The van der Waals surface area contributed by atoms with Crippen molar-refractivity contribution in [2.45, 2.75) is 57.4 Å². The molecule has 258 valence electrons. The van der Waals surface area contributed by atoms with E-state index in [0.717, 1.165) is 11.1 Å². The van der Waals surface area contributed by atoms with Crippen molar-refractivity contribution in [3.63, 3.8) is 0 Å². The summed E-state index contributed by atoms with van der Waals surface area (Å²) in [7, 11) is 0. The van der Waals surface area contributed by atoms with Crippen LogP contribution in [0.15, 0.2) is 60.7 Å². The van der Waals surface area contributed by atoms with Crippen LogP contribution in [-0.2, 0) is 42.7 Å². The van der Waals surface area contributed by atoms with Crippen molar-refractivity contribution in [3.8, 4) is 0 Å². The number of benzene rings is 2. The molecule has 2 aromatic carbocycles. The number of carbonyl (C=O) groups excluding carboxylic acids is 1. The van der Waals surface area contributed by atoms with E-state index in [-0.39, 0.29) is 68.9 Å². The minimum atomic E-state index is -0.807. The van der Waals surface area contributed by atoms with Gasteiger partial charge in [-0.2, -0.15) is 0 Å². The Hall–Kier alpha value is -2.98. The van der Waals surface area contributed by atoms with E-state index in [4.69, 9.17) is 48.5 Å². The van der Waals surface area contributed by atoms with E-state index in [9.17, 15) is 9.59 Å². The van der Waals surface area contributed by atoms with Crippen LogP contribution >= 0.6 is 0 Å². The number of hydrogen-bond acceptors (Lipinski definition) is 12. The second-order valence-corrected chi connectivity index (χ2v) is 11.2. The fourth-order valence-electron chi connectivity index (χ4n) is 4.18. The fraction of sp³-hybridized carbons (Fsp3) is 0.576. The van der Waals surface area contributed by atoms with Crippen molar-refractivity contribution >= 4 is 11.9 Å². The molecule has 4 rings (SSSR count). The molecule has 0 unspecified atom stereocenters. The van der Waals surface area contributed by atoms with Gasteiger partial charge in [-0.1, -0.05) is 67.6 Å². The summed E-state index contributed by atoms with van der Waals surface area (Å²) in [6.07, 6.45) is 0.403. The molecular formula is C33H47O13-. The van der Waals surface area contributed by atoms with Gasteiger partial charge in [0.1, 0.15) is 18.8 Å². The topological polar surface area (TPSA) is 189 Å². The lowest BCUT2D eigenvalue weighted by atomic mass is 9.94. The molecule has 2 aromatic rings. The zero-order valence-corrected chi connectivity index (χ0v) is 26.2. The maximum Gasteiger partial charge on any atom is 0.305 e. The molecule has 13 nitrogen and oxygen atoms in total. The second kappa shape index (κ2) is 21.7. The largest absolute Gasteiger partial charge is 0.870 e. The minimum absolute atomic E-state index is 0. The van der Waals surface area contributed by atoms with Gasteiger partial charge in [-0.25, -0.2) is 0 Å². The summed E-state index contributed by atoms with van der Waals surface area (Å²) >= 11 is 0. The first kappa shape index (κ1) is 39.2. The smallest absolute Gasteiger partial charge is 0.305 e. The Bertz CT molecular complexity index is 1080. The van der Waals surface area contributed by atoms with Gasteiger partial charge in [-0.15, -0.1) is 0 Å². The summed E-state index contributed by atoms with van der Waals surface area (Å²) in [6.45, 7) is 3.78. The van der Waals surface area contributed by atoms with Gasteiger partial charge in [0, 0.05) is 42.6 Å². The lowest BCUT2D eigenvalue weighted by Crippen LogP contribution is -2.34. The molecule has 13 heteroatoms. The van der Waals surface area contributed by atoms with Crippen LogP contribution in [0.25, 0.3) is 0 Å². The molecule has 0 aliphatic carbocycles. The summed E-state index contributed by atoms with van der Waals surface area (Å²) in [4.78, 5) is 22.0. The highest BCUT2D eigenvalue weighted by Crippen LogP contribution is 2.24. The molecule has 2 aliphatic rings. The molecule has 0 spiro atoms. The lowest BCUT2D eigenvalue weighted by Gasteiger charge is -2.29. The fourth-order valence-corrected chi connectivity index (χ4v) is 4.18. The Morgan fingerprint density at radius 3 is 1.54 bits per heavy atom. The van der Waals surface area contributed by atoms with Crippen LogP contribution in [0.1, 0.15) is 56.3 Å². The Balaban J connectivity index is 0.000000328. The van der Waals surface area contributed by atoms with Crippen LogP contribution in [0.4, 0.5) is 0 Å². The number of carbonyl (C=O) groups is 2. The molecule has 0 radical (unpaired) electrons. The number of ether oxygens (including phenoxy) is 7. The molecule has 0 saturated carbocycles. The molecule has 0 amide bonds. The van der Waals surface area contributed by atoms with Crippen molar-refractivity contribution in [2.24, 2.45) is 5.41 Å². The minimum Gasteiger partial charge on any atom is -0.870 e. The van der Waals surface area contributed by atoms with Crippen LogP contribution in [0.3, 0.4) is 0 Å². The van der Waals surface area contributed by atoms with E-state index in [1.54, 1.807) is 6.92 Å². The summed E-state index contributed by atoms with van der Waals surface area (Å²) in [5, 5.41) is 26.8. The van der Waals surface area contributed by atoms with Gasteiger partial charge in [0.05, 0.1) is 39.6 Å². The highest BCUT2D eigenvalue weighted by atomic mass is 16.7. The van der Waals surface area contributed by atoms with Crippen LogP contribution in [0.5, 0.6) is 0 Å². The molecule has 0 atom stereocenters. The molecule has 2 aliphatic heterocycles. The molecule has 46 heavy (non-hydrogen) atoms. The molecule has 4 N–H and O–H groups in total. The summed E-state index contributed by atoms with van der Waals surface area (Å²) in [5.41, 5.74) is 1.16. The average molecular weight is 652 g/mol. The van der Waals surface area contributed by atoms with Crippen LogP contribution in [0, 0.1) is 5.41 Å². The van der Waals surface area contributed by atoms with Crippen LogP contribution in [0.2, 0.25) is 0 Å². The molecule has 2 heterocycles. The van der Waals surface area contributed by atoms with Crippen LogP contribution < -0.4 is 0 Å². The zero-order valence-electron chi connectivity index (χ0n) is 26.2. The third-order valence-corrected chi connectivity index (χ3v) is 6.99. The number of hydrogen-bond donors (Lipinski definition) is 3. The van der Waals surface area contributed by atoms with E-state index in [2.05, 4.69) is 0 Å². The molecule has 2 saturated heterocycles. The molecular weight excluding hydrogens is 604 g/mol. The van der Waals surface area contributed by atoms with Crippen molar-refractivity contribution < 1.29 is 63.5 Å². The molecule has 0 aromatic heterocycles. The highest BCUT2D eigenvalue weighted by Gasteiger charge is 2.26. The quantitative estimate of drug-likeness (QED) is 0.177. The number of aliphatic hydroxyl groups is 2. The predicted octanol–water partition coefficient (Wildman–Crippen LogP) is 3.24. The van der Waals surface area contributed by atoms with Crippen molar-refractivity contribution in [3.05, 3.63) is 71.8 Å². The van der Waals surface area contributed by atoms with Gasteiger partial charge in [0.15, 0.2) is 12.6 Å².